The molecule has 0 atom stereocenters. The van der Waals surface area contributed by atoms with Gasteiger partial charge in [0.1, 0.15) is 11.4 Å². The van der Waals surface area contributed by atoms with Gasteiger partial charge in [0.25, 0.3) is 0 Å². The van der Waals surface area contributed by atoms with Crippen molar-refractivity contribution in [3.63, 3.8) is 0 Å². The molecule has 0 amide bonds. The van der Waals surface area contributed by atoms with E-state index < -0.39 is 0 Å². The maximum absolute atomic E-state index is 12.0. The van der Waals surface area contributed by atoms with Crippen LogP contribution in [-0.4, -0.2) is 18.2 Å². The van der Waals surface area contributed by atoms with Crippen molar-refractivity contribution in [2.45, 2.75) is 51.0 Å². The number of halogens is 2. The van der Waals surface area contributed by atoms with Crippen LogP contribution in [0.5, 0.6) is 5.75 Å². The van der Waals surface area contributed by atoms with Crippen LogP contribution < -0.4 is 4.74 Å². The van der Waals surface area contributed by atoms with Crippen LogP contribution in [0.15, 0.2) is 27.1 Å². The number of rotatable bonds is 5. The molecule has 21 heavy (non-hydrogen) atoms. The maximum Gasteiger partial charge on any atom is 0.344 e. The Labute approximate surface area is 142 Å². The van der Waals surface area contributed by atoms with Gasteiger partial charge in [-0.15, -0.1) is 0 Å². The van der Waals surface area contributed by atoms with Gasteiger partial charge in [-0.2, -0.15) is 0 Å². The summed E-state index contributed by atoms with van der Waals surface area (Å²) in [4.78, 5) is 12.0. The zero-order valence-corrected chi connectivity index (χ0v) is 15.3. The first kappa shape index (κ1) is 16.8. The van der Waals surface area contributed by atoms with Crippen LogP contribution in [0.25, 0.3) is 0 Å². The average Bonchev–Trinajstić information content (AvgIpc) is 2.45. The van der Waals surface area contributed by atoms with Crippen molar-refractivity contribution in [3.05, 3.63) is 27.1 Å². The first-order chi connectivity index (χ1) is 10.0. The first-order valence-corrected chi connectivity index (χ1v) is 8.92. The average molecular weight is 420 g/mol. The molecule has 0 N–H and O–H groups in total. The molecule has 1 aromatic rings. The lowest BCUT2D eigenvalue weighted by atomic mass is 9.83. The van der Waals surface area contributed by atoms with E-state index in [9.17, 15) is 4.79 Å². The molecule has 2 rings (SSSR count). The van der Waals surface area contributed by atoms with Crippen LogP contribution in [0.3, 0.4) is 0 Å². The molecule has 1 fully saturated rings. The van der Waals surface area contributed by atoms with Crippen LogP contribution in [0.1, 0.15) is 45.4 Å². The SMILES string of the molecule is CCC1(OC(=O)COc2cc(Br)cc(Br)c2)CCCCC1. The highest BCUT2D eigenvalue weighted by molar-refractivity contribution is 9.11. The van der Waals surface area contributed by atoms with Gasteiger partial charge in [-0.3, -0.25) is 0 Å². The lowest BCUT2D eigenvalue weighted by Crippen LogP contribution is -2.38. The van der Waals surface area contributed by atoms with E-state index in [4.69, 9.17) is 9.47 Å². The van der Waals surface area contributed by atoms with Gasteiger partial charge in [-0.25, -0.2) is 4.79 Å². The van der Waals surface area contributed by atoms with Gasteiger partial charge in [0.15, 0.2) is 6.61 Å². The highest BCUT2D eigenvalue weighted by Crippen LogP contribution is 2.34. The third-order valence-corrected chi connectivity index (χ3v) is 4.85. The molecule has 1 aromatic carbocycles. The van der Waals surface area contributed by atoms with E-state index in [0.29, 0.717) is 5.75 Å². The summed E-state index contributed by atoms with van der Waals surface area (Å²) < 4.78 is 13.0. The van der Waals surface area contributed by atoms with Gasteiger partial charge >= 0.3 is 5.97 Å². The predicted molar refractivity (Wildman–Crippen MR) is 89.5 cm³/mol. The molecule has 0 aliphatic heterocycles. The van der Waals surface area contributed by atoms with Crippen molar-refractivity contribution in [1.82, 2.24) is 0 Å². The zero-order chi connectivity index (χ0) is 15.3. The van der Waals surface area contributed by atoms with Crippen molar-refractivity contribution in [2.24, 2.45) is 0 Å². The van der Waals surface area contributed by atoms with Gasteiger partial charge in [0.05, 0.1) is 0 Å². The van der Waals surface area contributed by atoms with E-state index in [2.05, 4.69) is 38.8 Å². The summed E-state index contributed by atoms with van der Waals surface area (Å²) in [6, 6.07) is 5.57. The van der Waals surface area contributed by atoms with Crippen molar-refractivity contribution < 1.29 is 14.3 Å². The monoisotopic (exact) mass is 418 g/mol. The molecular weight excluding hydrogens is 400 g/mol. The fraction of sp³-hybridized carbons (Fsp3) is 0.562. The van der Waals surface area contributed by atoms with Gasteiger partial charge in [0.2, 0.25) is 0 Å². The minimum absolute atomic E-state index is 0.0509. The van der Waals surface area contributed by atoms with Crippen LogP contribution in [0.4, 0.5) is 0 Å². The Kier molecular flexibility index (Phi) is 6.11. The third kappa shape index (κ3) is 4.99. The van der Waals surface area contributed by atoms with Crippen molar-refractivity contribution in [2.75, 3.05) is 6.61 Å². The van der Waals surface area contributed by atoms with Gasteiger partial charge in [-0.1, -0.05) is 45.2 Å². The molecule has 0 unspecified atom stereocenters. The summed E-state index contributed by atoms with van der Waals surface area (Å²) in [5.74, 6) is 0.359. The molecule has 0 heterocycles. The minimum atomic E-state index is -0.283. The van der Waals surface area contributed by atoms with Crippen LogP contribution >= 0.6 is 31.9 Å². The Morgan fingerprint density at radius 2 is 1.76 bits per heavy atom. The second-order valence-electron chi connectivity index (χ2n) is 5.47. The number of ether oxygens (including phenoxy) is 2. The van der Waals surface area contributed by atoms with E-state index in [-0.39, 0.29) is 18.2 Å². The topological polar surface area (TPSA) is 35.5 Å². The highest BCUT2D eigenvalue weighted by Gasteiger charge is 2.34. The molecule has 1 aliphatic carbocycles. The van der Waals surface area contributed by atoms with E-state index in [1.807, 2.05) is 18.2 Å². The lowest BCUT2D eigenvalue weighted by molar-refractivity contribution is -0.166. The summed E-state index contributed by atoms with van der Waals surface area (Å²) in [6.07, 6.45) is 6.33. The Morgan fingerprint density at radius 1 is 1.14 bits per heavy atom. The smallest absolute Gasteiger partial charge is 0.344 e. The maximum atomic E-state index is 12.0. The summed E-state index contributed by atoms with van der Waals surface area (Å²) in [5, 5.41) is 0. The number of carbonyl (C=O) groups is 1. The molecule has 5 heteroatoms. The molecule has 0 bridgehead atoms. The predicted octanol–water partition coefficient (Wildman–Crippen LogP) is 5.25. The molecule has 1 saturated carbocycles. The quantitative estimate of drug-likeness (QED) is 0.611. The third-order valence-electron chi connectivity index (χ3n) is 3.93. The van der Waals surface area contributed by atoms with E-state index in [1.165, 1.54) is 6.42 Å². The van der Waals surface area contributed by atoms with Gasteiger partial charge in [0, 0.05) is 8.95 Å². The summed E-state index contributed by atoms with van der Waals surface area (Å²) in [6.45, 7) is 2.04. The van der Waals surface area contributed by atoms with E-state index in [1.54, 1.807) is 0 Å². The number of hydrogen-bond donors (Lipinski definition) is 0. The summed E-state index contributed by atoms with van der Waals surface area (Å²) in [5.41, 5.74) is -0.267. The van der Waals surface area contributed by atoms with Crippen LogP contribution in [0, 0.1) is 0 Å². The van der Waals surface area contributed by atoms with Gasteiger partial charge in [-0.05, 0) is 50.3 Å². The fourth-order valence-electron chi connectivity index (χ4n) is 2.75. The van der Waals surface area contributed by atoms with Crippen molar-refractivity contribution in [3.8, 4) is 5.75 Å². The number of hydrogen-bond acceptors (Lipinski definition) is 3. The lowest BCUT2D eigenvalue weighted by Gasteiger charge is -2.35. The molecule has 0 saturated heterocycles. The molecule has 1 aliphatic rings. The Bertz CT molecular complexity index is 476. The minimum Gasteiger partial charge on any atom is -0.482 e. The zero-order valence-electron chi connectivity index (χ0n) is 12.2. The normalized spacial score (nSPS) is 17.3. The first-order valence-electron chi connectivity index (χ1n) is 7.34. The standard InChI is InChI=1S/C16H20Br2O3/c1-2-16(6-4-3-5-7-16)21-15(19)11-20-14-9-12(17)8-13(18)10-14/h8-10H,2-7,11H2,1H3. The Balaban J connectivity index is 1.89. The van der Waals surface area contributed by atoms with E-state index in [0.717, 1.165) is 41.0 Å². The van der Waals surface area contributed by atoms with E-state index >= 15 is 0 Å². The van der Waals surface area contributed by atoms with Crippen molar-refractivity contribution >= 4 is 37.8 Å². The molecule has 116 valence electrons. The molecular formula is C16H20Br2O3. The second kappa shape index (κ2) is 7.63. The Morgan fingerprint density at radius 3 is 2.33 bits per heavy atom. The van der Waals surface area contributed by atoms with Crippen LogP contribution in [0.2, 0.25) is 0 Å². The number of carbonyl (C=O) groups excluding carboxylic acids is 1. The largest absolute Gasteiger partial charge is 0.482 e. The number of benzene rings is 1. The fourth-order valence-corrected chi connectivity index (χ4v) is 4.00. The highest BCUT2D eigenvalue weighted by atomic mass is 79.9. The molecule has 0 spiro atoms. The molecule has 3 nitrogen and oxygen atoms in total. The van der Waals surface area contributed by atoms with Gasteiger partial charge < -0.3 is 9.47 Å². The summed E-state index contributed by atoms with van der Waals surface area (Å²) in [7, 11) is 0. The second-order valence-corrected chi connectivity index (χ2v) is 7.30. The number of esters is 1. The summed E-state index contributed by atoms with van der Waals surface area (Å²) >= 11 is 6.79. The molecule has 0 radical (unpaired) electrons. The Hall–Kier alpha value is -0.550. The molecule has 0 aromatic heterocycles. The van der Waals surface area contributed by atoms with Crippen LogP contribution in [-0.2, 0) is 9.53 Å². The van der Waals surface area contributed by atoms with Crippen molar-refractivity contribution in [1.29, 1.82) is 0 Å².